The summed E-state index contributed by atoms with van der Waals surface area (Å²) in [5.41, 5.74) is 20.2. The van der Waals surface area contributed by atoms with E-state index in [1.807, 2.05) is 12.1 Å². The summed E-state index contributed by atoms with van der Waals surface area (Å²) in [6, 6.07) is 78.7. The predicted molar refractivity (Wildman–Crippen MR) is 280 cm³/mol. The summed E-state index contributed by atoms with van der Waals surface area (Å²) in [5.74, 6) is 1.77. The van der Waals surface area contributed by atoms with Crippen molar-refractivity contribution in [3.05, 3.63) is 264 Å². The van der Waals surface area contributed by atoms with Crippen LogP contribution in [0, 0.1) is 5.92 Å². The first kappa shape index (κ1) is 39.4. The maximum Gasteiger partial charge on any atom is 0.163 e. The lowest BCUT2D eigenvalue weighted by Gasteiger charge is -2.41. The molecule has 2 unspecified atom stereocenters. The van der Waals surface area contributed by atoms with Crippen LogP contribution in [0.15, 0.2) is 241 Å². The fraction of sp³-hybridized carbons (Fsp3) is 0.0615. The van der Waals surface area contributed by atoms with Gasteiger partial charge in [-0.2, -0.15) is 0 Å². The highest BCUT2D eigenvalue weighted by Crippen LogP contribution is 2.64. The van der Waals surface area contributed by atoms with Gasteiger partial charge in [-0.15, -0.1) is 0 Å². The summed E-state index contributed by atoms with van der Waals surface area (Å²) in [5, 5.41) is 2.09. The van der Waals surface area contributed by atoms with Crippen LogP contribution in [0.2, 0.25) is 0 Å². The molecule has 324 valence electrons. The van der Waals surface area contributed by atoms with Crippen molar-refractivity contribution in [3.8, 4) is 67.3 Å². The Kier molecular flexibility index (Phi) is 8.81. The number of fused-ring (bicyclic) bond motifs is 14. The number of rotatable bonds is 5. The minimum atomic E-state index is -0.596. The van der Waals surface area contributed by atoms with E-state index in [0.29, 0.717) is 11.6 Å². The van der Waals surface area contributed by atoms with E-state index in [9.17, 15) is 0 Å². The van der Waals surface area contributed by atoms with Crippen LogP contribution in [0.4, 0.5) is 0 Å². The predicted octanol–water partition coefficient (Wildman–Crippen LogP) is 16.2. The van der Waals surface area contributed by atoms with Gasteiger partial charge in [0, 0.05) is 27.8 Å². The first-order valence-electron chi connectivity index (χ1n) is 23.9. The molecule has 0 saturated carbocycles. The molecule has 3 aliphatic carbocycles. The van der Waals surface area contributed by atoms with Crippen molar-refractivity contribution < 1.29 is 4.42 Å². The van der Waals surface area contributed by atoms with E-state index >= 15 is 0 Å². The zero-order valence-corrected chi connectivity index (χ0v) is 37.8. The number of aromatic nitrogens is 3. The van der Waals surface area contributed by atoms with E-state index in [-0.39, 0.29) is 11.8 Å². The molecule has 14 rings (SSSR count). The highest BCUT2D eigenvalue weighted by molar-refractivity contribution is 6.06. The maximum absolute atomic E-state index is 6.31. The van der Waals surface area contributed by atoms with Gasteiger partial charge in [0.1, 0.15) is 17.0 Å². The molecule has 1 spiro atoms. The van der Waals surface area contributed by atoms with E-state index in [0.717, 1.165) is 61.1 Å². The molecule has 4 heteroatoms. The molecule has 0 fully saturated rings. The summed E-state index contributed by atoms with van der Waals surface area (Å²) in [6.07, 6.45) is 4.72. The number of hydrogen-bond acceptors (Lipinski definition) is 4. The van der Waals surface area contributed by atoms with Gasteiger partial charge in [0.2, 0.25) is 0 Å². The van der Waals surface area contributed by atoms with Crippen LogP contribution < -0.4 is 0 Å². The molecule has 69 heavy (non-hydrogen) atoms. The zero-order chi connectivity index (χ0) is 45.6. The van der Waals surface area contributed by atoms with E-state index in [2.05, 4.69) is 225 Å². The SMILES string of the molecule is CC1C2=C(C=CC1c1nc(-c3cc(-c4ccccc4)cc(-c4ccccc4)c3)nc(-c3ccc4oc5ccccc5c4c3)n1)c1ccccc1C21c2ccccc2-c2ccccc2-c2ccccc21. The fourth-order valence-corrected chi connectivity index (χ4v) is 11.9. The largest absolute Gasteiger partial charge is 0.456 e. The summed E-state index contributed by atoms with van der Waals surface area (Å²) < 4.78 is 6.31. The maximum atomic E-state index is 6.31. The van der Waals surface area contributed by atoms with Gasteiger partial charge in [-0.05, 0) is 126 Å². The average Bonchev–Trinajstić information content (AvgIpc) is 3.92. The third kappa shape index (κ3) is 5.98. The Bertz CT molecular complexity index is 3810. The molecule has 2 heterocycles. The molecule has 0 radical (unpaired) electrons. The topological polar surface area (TPSA) is 51.8 Å². The Hall–Kier alpha value is -8.73. The van der Waals surface area contributed by atoms with Crippen molar-refractivity contribution >= 4 is 27.5 Å². The Balaban J connectivity index is 1.00. The minimum Gasteiger partial charge on any atom is -0.456 e. The second kappa shape index (κ2) is 15.4. The van der Waals surface area contributed by atoms with Gasteiger partial charge in [-0.25, -0.2) is 15.0 Å². The Morgan fingerprint density at radius 2 is 0.884 bits per heavy atom. The van der Waals surface area contributed by atoms with Crippen LogP contribution >= 0.6 is 0 Å². The van der Waals surface area contributed by atoms with Gasteiger partial charge < -0.3 is 4.42 Å². The number of allylic oxidation sites excluding steroid dienone is 4. The monoisotopic (exact) mass is 881 g/mol. The standard InChI is InChI=1S/C65H43N3O/c1-40-47(33-34-54-52-26-12-16-30-58(52)65(61(40)54)56-28-14-10-24-50(56)48-22-8-9-23-49(48)51-25-11-15-29-57(51)65)64-67-62(43-32-35-60-55(39-43)53-27-13-17-31-59(53)69-60)66-63(68-64)46-37-44(41-18-4-2-5-19-41)36-45(38-46)42-20-6-3-7-21-42/h2-40,47H,1H3. The number of para-hydroxylation sites is 1. The van der Waals surface area contributed by atoms with Gasteiger partial charge in [-0.3, -0.25) is 0 Å². The minimum absolute atomic E-state index is 0.0290. The quantitative estimate of drug-likeness (QED) is 0.173. The molecule has 0 N–H and O–H groups in total. The van der Waals surface area contributed by atoms with Crippen molar-refractivity contribution in [1.29, 1.82) is 0 Å². The van der Waals surface area contributed by atoms with Crippen molar-refractivity contribution in [3.63, 3.8) is 0 Å². The molecule has 0 bridgehead atoms. The van der Waals surface area contributed by atoms with Crippen molar-refractivity contribution in [2.75, 3.05) is 0 Å². The van der Waals surface area contributed by atoms with Gasteiger partial charge in [0.15, 0.2) is 11.6 Å². The highest BCUT2D eigenvalue weighted by Gasteiger charge is 2.53. The Labute approximate surface area is 400 Å². The molecule has 0 saturated heterocycles. The molecule has 2 aromatic heterocycles. The van der Waals surface area contributed by atoms with E-state index in [1.54, 1.807) is 0 Å². The van der Waals surface area contributed by atoms with Crippen molar-refractivity contribution in [1.82, 2.24) is 15.0 Å². The Morgan fingerprint density at radius 3 is 1.52 bits per heavy atom. The number of benzene rings is 9. The number of hydrogen-bond donors (Lipinski definition) is 0. The first-order chi connectivity index (χ1) is 34.1. The summed E-state index contributed by atoms with van der Waals surface area (Å²) >= 11 is 0. The van der Waals surface area contributed by atoms with Gasteiger partial charge in [0.25, 0.3) is 0 Å². The van der Waals surface area contributed by atoms with Crippen LogP contribution in [0.5, 0.6) is 0 Å². The van der Waals surface area contributed by atoms with Crippen LogP contribution in [0.3, 0.4) is 0 Å². The molecule has 2 atom stereocenters. The number of furan rings is 1. The van der Waals surface area contributed by atoms with Crippen LogP contribution in [-0.4, -0.2) is 15.0 Å². The van der Waals surface area contributed by atoms with Gasteiger partial charge in [-0.1, -0.05) is 195 Å². The lowest BCUT2D eigenvalue weighted by Crippen LogP contribution is -2.35. The summed E-state index contributed by atoms with van der Waals surface area (Å²) in [4.78, 5) is 16.6. The third-order valence-electron chi connectivity index (χ3n) is 14.9. The molecule has 11 aromatic rings. The van der Waals surface area contributed by atoms with E-state index < -0.39 is 5.41 Å². The third-order valence-corrected chi connectivity index (χ3v) is 14.9. The fourth-order valence-electron chi connectivity index (χ4n) is 11.9. The second-order valence-corrected chi connectivity index (χ2v) is 18.6. The summed E-state index contributed by atoms with van der Waals surface area (Å²) in [6.45, 7) is 2.40. The van der Waals surface area contributed by atoms with Crippen molar-refractivity contribution in [2.24, 2.45) is 5.92 Å². The molecule has 0 aliphatic heterocycles. The smallest absolute Gasteiger partial charge is 0.163 e. The normalized spacial score (nSPS) is 16.2. The second-order valence-electron chi connectivity index (χ2n) is 18.6. The zero-order valence-electron chi connectivity index (χ0n) is 37.8. The molecule has 4 nitrogen and oxygen atoms in total. The number of nitrogens with zero attached hydrogens (tertiary/aromatic N) is 3. The molecule has 3 aliphatic rings. The van der Waals surface area contributed by atoms with E-state index in [4.69, 9.17) is 19.4 Å². The lowest BCUT2D eigenvalue weighted by molar-refractivity contribution is 0.517. The van der Waals surface area contributed by atoms with Crippen LogP contribution in [0.1, 0.15) is 40.9 Å². The van der Waals surface area contributed by atoms with Crippen LogP contribution in [0.25, 0.3) is 94.8 Å². The molecule has 0 amide bonds. The first-order valence-corrected chi connectivity index (χ1v) is 23.9. The molecular formula is C65H43N3O. The van der Waals surface area contributed by atoms with Crippen LogP contribution in [-0.2, 0) is 5.41 Å². The molecular weight excluding hydrogens is 839 g/mol. The highest BCUT2D eigenvalue weighted by atomic mass is 16.3. The average molecular weight is 882 g/mol. The van der Waals surface area contributed by atoms with Gasteiger partial charge in [0.05, 0.1) is 5.41 Å². The summed E-state index contributed by atoms with van der Waals surface area (Å²) in [7, 11) is 0. The van der Waals surface area contributed by atoms with Gasteiger partial charge >= 0.3 is 0 Å². The van der Waals surface area contributed by atoms with E-state index in [1.165, 1.54) is 55.7 Å². The lowest BCUT2D eigenvalue weighted by atomic mass is 9.60. The Morgan fingerprint density at radius 1 is 0.391 bits per heavy atom. The molecule has 9 aromatic carbocycles. The van der Waals surface area contributed by atoms with Crippen molar-refractivity contribution in [2.45, 2.75) is 18.3 Å².